The molecule has 0 heterocycles. The molecule has 0 spiro atoms. The predicted octanol–water partition coefficient (Wildman–Crippen LogP) is 2.59. The number of methoxy groups -OCH3 is 2. The number of ether oxygens (including phenoxy) is 2. The summed E-state index contributed by atoms with van der Waals surface area (Å²) in [7, 11) is -0.656. The van der Waals surface area contributed by atoms with Crippen molar-refractivity contribution in [3.8, 4) is 11.5 Å². The zero-order valence-corrected chi connectivity index (χ0v) is 16.8. The number of rotatable bonds is 12. The molecule has 0 radical (unpaired) electrons. The number of carbonyl (C=O) groups excluding carboxylic acids is 1. The molecule has 0 aromatic heterocycles. The first-order valence-electron chi connectivity index (χ1n) is 8.63. The van der Waals surface area contributed by atoms with Gasteiger partial charge in [-0.15, -0.1) is 0 Å². The molecule has 148 valence electrons. The molecule has 0 aliphatic rings. The van der Waals surface area contributed by atoms with Gasteiger partial charge in [0.2, 0.25) is 5.91 Å². The van der Waals surface area contributed by atoms with E-state index in [1.807, 2.05) is 0 Å². The fourth-order valence-electron chi connectivity index (χ4n) is 2.45. The van der Waals surface area contributed by atoms with Gasteiger partial charge in [-0.25, -0.2) is 0 Å². The van der Waals surface area contributed by atoms with Crippen LogP contribution in [0.5, 0.6) is 11.5 Å². The number of nitrogens with zero attached hydrogens (tertiary/aromatic N) is 1. The molecule has 0 atom stereocenters. The number of benzene rings is 1. The lowest BCUT2D eigenvalue weighted by molar-refractivity contribution is -0.132. The summed E-state index contributed by atoms with van der Waals surface area (Å²) in [6.45, 7) is 3.34. The third-order valence-corrected chi connectivity index (χ3v) is 4.24. The van der Waals surface area contributed by atoms with Crippen LogP contribution < -0.4 is 8.92 Å². The van der Waals surface area contributed by atoms with Crippen LogP contribution in [0.2, 0.25) is 0 Å². The Morgan fingerprint density at radius 1 is 1.15 bits per heavy atom. The molecule has 1 aromatic carbocycles. The van der Waals surface area contributed by atoms with E-state index in [2.05, 4.69) is 6.92 Å². The molecule has 8 heteroatoms. The minimum absolute atomic E-state index is 0.0527. The SMILES string of the molecule is CCCCCC(=O)N(CCOC)Cc1ccc(OC)c(OS(C)(=O)=O)c1. The van der Waals surface area contributed by atoms with Crippen LogP contribution in [0.1, 0.15) is 38.2 Å². The highest BCUT2D eigenvalue weighted by Crippen LogP contribution is 2.29. The highest BCUT2D eigenvalue weighted by atomic mass is 32.2. The van der Waals surface area contributed by atoms with Gasteiger partial charge in [0.05, 0.1) is 20.0 Å². The molecule has 1 amide bonds. The zero-order valence-electron chi connectivity index (χ0n) is 16.0. The smallest absolute Gasteiger partial charge is 0.306 e. The van der Waals surface area contributed by atoms with Crippen molar-refractivity contribution in [3.05, 3.63) is 23.8 Å². The van der Waals surface area contributed by atoms with Gasteiger partial charge in [0.1, 0.15) is 0 Å². The van der Waals surface area contributed by atoms with Gasteiger partial charge in [-0.05, 0) is 24.1 Å². The number of unbranched alkanes of at least 4 members (excludes halogenated alkanes) is 2. The molecule has 0 bridgehead atoms. The molecule has 0 aliphatic carbocycles. The average molecular weight is 387 g/mol. The van der Waals surface area contributed by atoms with E-state index in [1.165, 1.54) is 7.11 Å². The van der Waals surface area contributed by atoms with Crippen LogP contribution in [0.15, 0.2) is 18.2 Å². The van der Waals surface area contributed by atoms with Crippen LogP contribution in [-0.4, -0.2) is 52.9 Å². The Labute approximate surface area is 156 Å². The monoisotopic (exact) mass is 387 g/mol. The second-order valence-corrected chi connectivity index (χ2v) is 7.61. The van der Waals surface area contributed by atoms with E-state index >= 15 is 0 Å². The normalized spacial score (nSPS) is 11.2. The van der Waals surface area contributed by atoms with Gasteiger partial charge >= 0.3 is 10.1 Å². The minimum atomic E-state index is -3.68. The first-order chi connectivity index (χ1) is 12.3. The van der Waals surface area contributed by atoms with Gasteiger partial charge in [-0.3, -0.25) is 4.79 Å². The van der Waals surface area contributed by atoms with Crippen molar-refractivity contribution in [2.24, 2.45) is 0 Å². The number of amides is 1. The fraction of sp³-hybridized carbons (Fsp3) is 0.611. The van der Waals surface area contributed by atoms with E-state index in [1.54, 1.807) is 30.2 Å². The maximum absolute atomic E-state index is 12.5. The summed E-state index contributed by atoms with van der Waals surface area (Å²) in [5.74, 6) is 0.478. The maximum atomic E-state index is 12.5. The van der Waals surface area contributed by atoms with Gasteiger partial charge in [-0.1, -0.05) is 25.8 Å². The standard InChI is InChI=1S/C18H29NO6S/c1-5-6-7-8-18(20)19(11-12-23-2)14-15-9-10-16(24-3)17(13-15)25-26(4,21)22/h9-10,13H,5-8,11-12,14H2,1-4H3. The lowest BCUT2D eigenvalue weighted by Gasteiger charge is -2.23. The third kappa shape index (κ3) is 8.05. The number of carbonyl (C=O) groups is 1. The molecule has 1 aromatic rings. The van der Waals surface area contributed by atoms with Crippen molar-refractivity contribution in [1.82, 2.24) is 4.90 Å². The molecule has 7 nitrogen and oxygen atoms in total. The van der Waals surface area contributed by atoms with Crippen LogP contribution in [0.25, 0.3) is 0 Å². The van der Waals surface area contributed by atoms with Gasteiger partial charge in [-0.2, -0.15) is 8.42 Å². The van der Waals surface area contributed by atoms with Crippen molar-refractivity contribution in [1.29, 1.82) is 0 Å². The largest absolute Gasteiger partial charge is 0.493 e. The van der Waals surface area contributed by atoms with E-state index in [0.717, 1.165) is 31.1 Å². The van der Waals surface area contributed by atoms with Crippen molar-refractivity contribution in [2.75, 3.05) is 33.6 Å². The quantitative estimate of drug-likeness (QED) is 0.405. The molecule has 0 N–H and O–H groups in total. The predicted molar refractivity (Wildman–Crippen MR) is 99.9 cm³/mol. The molecule has 0 saturated carbocycles. The first kappa shape index (κ1) is 22.2. The van der Waals surface area contributed by atoms with Gasteiger partial charge < -0.3 is 18.6 Å². The topological polar surface area (TPSA) is 82.1 Å². The number of hydrogen-bond donors (Lipinski definition) is 0. The Morgan fingerprint density at radius 3 is 2.46 bits per heavy atom. The summed E-state index contributed by atoms with van der Waals surface area (Å²) in [4.78, 5) is 14.2. The van der Waals surface area contributed by atoms with E-state index in [4.69, 9.17) is 13.7 Å². The average Bonchev–Trinajstić information content (AvgIpc) is 2.57. The van der Waals surface area contributed by atoms with Crippen LogP contribution in [0, 0.1) is 0 Å². The van der Waals surface area contributed by atoms with E-state index < -0.39 is 10.1 Å². The highest BCUT2D eigenvalue weighted by Gasteiger charge is 2.16. The van der Waals surface area contributed by atoms with E-state index in [0.29, 0.717) is 31.9 Å². The van der Waals surface area contributed by atoms with Crippen molar-refractivity contribution < 1.29 is 26.9 Å². The summed E-state index contributed by atoms with van der Waals surface area (Å²) in [6, 6.07) is 5.00. The summed E-state index contributed by atoms with van der Waals surface area (Å²) < 4.78 is 38.1. The number of hydrogen-bond acceptors (Lipinski definition) is 6. The highest BCUT2D eigenvalue weighted by molar-refractivity contribution is 7.86. The Hall–Kier alpha value is -1.80. The second-order valence-electron chi connectivity index (χ2n) is 6.04. The van der Waals surface area contributed by atoms with Crippen molar-refractivity contribution in [2.45, 2.75) is 39.2 Å². The molecule has 1 rings (SSSR count). The van der Waals surface area contributed by atoms with Crippen LogP contribution in [0.4, 0.5) is 0 Å². The van der Waals surface area contributed by atoms with Gasteiger partial charge in [0.25, 0.3) is 0 Å². The Balaban J connectivity index is 2.94. The van der Waals surface area contributed by atoms with Crippen molar-refractivity contribution in [3.63, 3.8) is 0 Å². The van der Waals surface area contributed by atoms with Crippen LogP contribution >= 0.6 is 0 Å². The van der Waals surface area contributed by atoms with Crippen molar-refractivity contribution >= 4 is 16.0 Å². The first-order valence-corrected chi connectivity index (χ1v) is 10.5. The third-order valence-electron chi connectivity index (χ3n) is 3.75. The fourth-order valence-corrected chi connectivity index (χ4v) is 2.90. The lowest BCUT2D eigenvalue weighted by Crippen LogP contribution is -2.33. The second kappa shape index (κ2) is 11.0. The van der Waals surface area contributed by atoms with Crippen LogP contribution in [-0.2, 0) is 26.2 Å². The Kier molecular flexibility index (Phi) is 9.43. The Bertz CT molecular complexity index is 674. The summed E-state index contributed by atoms with van der Waals surface area (Å²) in [6.07, 6.45) is 4.38. The summed E-state index contributed by atoms with van der Waals surface area (Å²) in [5, 5.41) is 0. The molecular weight excluding hydrogens is 358 g/mol. The summed E-state index contributed by atoms with van der Waals surface area (Å²) in [5.41, 5.74) is 0.754. The maximum Gasteiger partial charge on any atom is 0.306 e. The molecule has 26 heavy (non-hydrogen) atoms. The van der Waals surface area contributed by atoms with E-state index in [9.17, 15) is 13.2 Å². The van der Waals surface area contributed by atoms with Gasteiger partial charge in [0.15, 0.2) is 11.5 Å². The van der Waals surface area contributed by atoms with Crippen LogP contribution in [0.3, 0.4) is 0 Å². The van der Waals surface area contributed by atoms with Gasteiger partial charge in [0, 0.05) is 26.6 Å². The molecule has 0 fully saturated rings. The molecular formula is C18H29NO6S. The molecule has 0 saturated heterocycles. The lowest BCUT2D eigenvalue weighted by atomic mass is 10.1. The molecule has 0 unspecified atom stereocenters. The Morgan fingerprint density at radius 2 is 1.88 bits per heavy atom. The molecule has 0 aliphatic heterocycles. The zero-order chi connectivity index (χ0) is 19.6. The minimum Gasteiger partial charge on any atom is -0.493 e. The summed E-state index contributed by atoms with van der Waals surface area (Å²) >= 11 is 0. The van der Waals surface area contributed by atoms with E-state index in [-0.39, 0.29) is 11.7 Å².